The Bertz CT molecular complexity index is 515. The van der Waals surface area contributed by atoms with Gasteiger partial charge in [-0.05, 0) is 31.5 Å². The Morgan fingerprint density at radius 1 is 1.29 bits per heavy atom. The predicted octanol–water partition coefficient (Wildman–Crippen LogP) is 1.55. The summed E-state index contributed by atoms with van der Waals surface area (Å²) in [7, 11) is 0. The molecule has 0 spiro atoms. The van der Waals surface area contributed by atoms with E-state index in [-0.39, 0.29) is 5.97 Å². The second kappa shape index (κ2) is 9.43. The zero-order valence-electron chi connectivity index (χ0n) is 12.5. The molecule has 0 aliphatic carbocycles. The second-order valence-electron chi connectivity index (χ2n) is 4.17. The molecule has 0 radical (unpaired) electrons. The molecule has 0 saturated carbocycles. The number of carbonyl (C=O) groups is 1. The van der Waals surface area contributed by atoms with E-state index in [9.17, 15) is 4.79 Å². The van der Waals surface area contributed by atoms with Gasteiger partial charge in [0.2, 0.25) is 0 Å². The van der Waals surface area contributed by atoms with Crippen LogP contribution in [0.5, 0.6) is 0 Å². The number of rotatable bonds is 6. The molecule has 0 heterocycles. The number of terminal acetylenes is 1. The Kier molecular flexibility index (Phi) is 7.44. The van der Waals surface area contributed by atoms with Crippen LogP contribution in [-0.4, -0.2) is 31.6 Å². The van der Waals surface area contributed by atoms with Crippen molar-refractivity contribution in [3.63, 3.8) is 0 Å². The van der Waals surface area contributed by atoms with Gasteiger partial charge in [0.25, 0.3) is 0 Å². The summed E-state index contributed by atoms with van der Waals surface area (Å²) < 4.78 is 4.94. The maximum absolute atomic E-state index is 11.5. The van der Waals surface area contributed by atoms with Crippen molar-refractivity contribution in [2.75, 3.05) is 19.7 Å². The molecule has 1 aromatic carbocycles. The fourth-order valence-electron chi connectivity index (χ4n) is 1.61. The van der Waals surface area contributed by atoms with Gasteiger partial charge < -0.3 is 15.4 Å². The minimum atomic E-state index is -0.309. The van der Waals surface area contributed by atoms with Gasteiger partial charge in [-0.2, -0.15) is 0 Å². The number of nitrogens with zero attached hydrogens (tertiary/aromatic N) is 1. The van der Waals surface area contributed by atoms with Crippen LogP contribution in [0.2, 0.25) is 0 Å². The fraction of sp³-hybridized carbons (Fsp3) is 0.375. The number of aliphatic imine (C=N–C) groups is 1. The Labute approximate surface area is 125 Å². The maximum atomic E-state index is 11.5. The first-order chi connectivity index (χ1) is 10.2. The van der Waals surface area contributed by atoms with Gasteiger partial charge in [-0.1, -0.05) is 18.1 Å². The highest BCUT2D eigenvalue weighted by atomic mass is 16.5. The van der Waals surface area contributed by atoms with Gasteiger partial charge in [0.1, 0.15) is 0 Å². The van der Waals surface area contributed by atoms with Gasteiger partial charge in [-0.25, -0.2) is 9.79 Å². The molecule has 1 rings (SSSR count). The summed E-state index contributed by atoms with van der Waals surface area (Å²) in [6.07, 6.45) is 5.21. The molecule has 5 nitrogen and oxygen atoms in total. The van der Waals surface area contributed by atoms with E-state index in [2.05, 4.69) is 21.5 Å². The van der Waals surface area contributed by atoms with E-state index in [0.29, 0.717) is 31.2 Å². The third-order valence-electron chi connectivity index (χ3n) is 2.59. The topological polar surface area (TPSA) is 62.7 Å². The Hall–Kier alpha value is -2.48. The van der Waals surface area contributed by atoms with Crippen LogP contribution in [0.25, 0.3) is 0 Å². The van der Waals surface area contributed by atoms with E-state index in [1.807, 2.05) is 19.1 Å². The van der Waals surface area contributed by atoms with Crippen molar-refractivity contribution in [1.29, 1.82) is 0 Å². The molecule has 0 atom stereocenters. The van der Waals surface area contributed by atoms with Gasteiger partial charge in [-0.15, -0.1) is 6.42 Å². The van der Waals surface area contributed by atoms with Gasteiger partial charge >= 0.3 is 5.97 Å². The number of ether oxygens (including phenoxy) is 1. The zero-order valence-corrected chi connectivity index (χ0v) is 12.5. The number of guanidine groups is 1. The normalized spacial score (nSPS) is 10.6. The van der Waals surface area contributed by atoms with E-state index in [1.165, 1.54) is 0 Å². The molecule has 0 bridgehead atoms. The lowest BCUT2D eigenvalue weighted by atomic mass is 10.1. The average molecular weight is 287 g/mol. The minimum Gasteiger partial charge on any atom is -0.462 e. The summed E-state index contributed by atoms with van der Waals surface area (Å²) in [4.78, 5) is 16.0. The Balaban J connectivity index is 2.65. The summed E-state index contributed by atoms with van der Waals surface area (Å²) in [5.41, 5.74) is 1.54. The van der Waals surface area contributed by atoms with E-state index in [1.54, 1.807) is 19.1 Å². The van der Waals surface area contributed by atoms with Gasteiger partial charge in [0.15, 0.2) is 5.96 Å². The third kappa shape index (κ3) is 6.00. The number of esters is 1. The van der Waals surface area contributed by atoms with Crippen molar-refractivity contribution < 1.29 is 9.53 Å². The van der Waals surface area contributed by atoms with Crippen LogP contribution in [-0.2, 0) is 11.3 Å². The molecular weight excluding hydrogens is 266 g/mol. The molecule has 2 N–H and O–H groups in total. The van der Waals surface area contributed by atoms with Crippen LogP contribution in [0.3, 0.4) is 0 Å². The highest BCUT2D eigenvalue weighted by Gasteiger charge is 2.05. The van der Waals surface area contributed by atoms with Crippen LogP contribution in [0.4, 0.5) is 0 Å². The third-order valence-corrected chi connectivity index (χ3v) is 2.59. The summed E-state index contributed by atoms with van der Waals surface area (Å²) in [6.45, 7) is 5.83. The van der Waals surface area contributed by atoms with Crippen molar-refractivity contribution in [2.45, 2.75) is 20.4 Å². The molecule has 0 amide bonds. The lowest BCUT2D eigenvalue weighted by molar-refractivity contribution is 0.0526. The van der Waals surface area contributed by atoms with Crippen molar-refractivity contribution in [3.05, 3.63) is 35.4 Å². The van der Waals surface area contributed by atoms with E-state index in [4.69, 9.17) is 11.2 Å². The lowest BCUT2D eigenvalue weighted by Crippen LogP contribution is -2.37. The molecule has 0 fully saturated rings. The van der Waals surface area contributed by atoms with Crippen molar-refractivity contribution in [3.8, 4) is 12.3 Å². The summed E-state index contributed by atoms with van der Waals surface area (Å²) in [5, 5.41) is 6.12. The van der Waals surface area contributed by atoms with Gasteiger partial charge in [0.05, 0.1) is 25.3 Å². The number of nitrogens with one attached hydrogen (secondary N) is 2. The summed E-state index contributed by atoms with van der Waals surface area (Å²) >= 11 is 0. The van der Waals surface area contributed by atoms with Crippen LogP contribution < -0.4 is 10.6 Å². The van der Waals surface area contributed by atoms with Crippen LogP contribution in [0.1, 0.15) is 29.8 Å². The highest BCUT2D eigenvalue weighted by molar-refractivity contribution is 5.89. The van der Waals surface area contributed by atoms with Crippen molar-refractivity contribution in [1.82, 2.24) is 10.6 Å². The van der Waals surface area contributed by atoms with E-state index < -0.39 is 0 Å². The smallest absolute Gasteiger partial charge is 0.338 e. The molecule has 112 valence electrons. The van der Waals surface area contributed by atoms with Crippen molar-refractivity contribution in [2.24, 2.45) is 4.99 Å². The minimum absolute atomic E-state index is 0.309. The van der Waals surface area contributed by atoms with Crippen molar-refractivity contribution >= 4 is 11.9 Å². The molecular formula is C16H21N3O2. The van der Waals surface area contributed by atoms with Crippen LogP contribution in [0.15, 0.2) is 29.3 Å². The Morgan fingerprint density at radius 2 is 2.00 bits per heavy atom. The number of hydrogen-bond donors (Lipinski definition) is 2. The molecule has 21 heavy (non-hydrogen) atoms. The zero-order chi connectivity index (χ0) is 15.5. The first-order valence-corrected chi connectivity index (χ1v) is 6.93. The van der Waals surface area contributed by atoms with E-state index in [0.717, 1.165) is 12.1 Å². The molecule has 0 aliphatic rings. The largest absolute Gasteiger partial charge is 0.462 e. The molecule has 0 aliphatic heterocycles. The first-order valence-electron chi connectivity index (χ1n) is 6.93. The summed E-state index contributed by atoms with van der Waals surface area (Å²) in [5.74, 6) is 2.87. The number of hydrogen-bond acceptors (Lipinski definition) is 3. The average Bonchev–Trinajstić information content (AvgIpc) is 2.51. The Morgan fingerprint density at radius 3 is 2.57 bits per heavy atom. The van der Waals surface area contributed by atoms with E-state index >= 15 is 0 Å². The fourth-order valence-corrected chi connectivity index (χ4v) is 1.61. The first kappa shape index (κ1) is 16.6. The predicted molar refractivity (Wildman–Crippen MR) is 84.0 cm³/mol. The molecule has 0 unspecified atom stereocenters. The van der Waals surface area contributed by atoms with Gasteiger partial charge in [-0.3, -0.25) is 0 Å². The molecule has 5 heteroatoms. The number of benzene rings is 1. The molecule has 0 saturated heterocycles. The van der Waals surface area contributed by atoms with Crippen LogP contribution >= 0.6 is 0 Å². The second-order valence-corrected chi connectivity index (χ2v) is 4.17. The van der Waals surface area contributed by atoms with Gasteiger partial charge in [0, 0.05) is 6.54 Å². The monoisotopic (exact) mass is 287 g/mol. The number of carbonyl (C=O) groups excluding carboxylic acids is 1. The molecule has 1 aromatic rings. The molecule has 0 aromatic heterocycles. The maximum Gasteiger partial charge on any atom is 0.338 e. The van der Waals surface area contributed by atoms with Crippen LogP contribution in [0, 0.1) is 12.3 Å². The quantitative estimate of drug-likeness (QED) is 0.361. The SMILES string of the molecule is C#CCNC(=NCc1ccc(C(=O)OCC)cc1)NCC. The highest BCUT2D eigenvalue weighted by Crippen LogP contribution is 2.07. The lowest BCUT2D eigenvalue weighted by Gasteiger charge is -2.09. The summed E-state index contributed by atoms with van der Waals surface area (Å²) in [6, 6.07) is 7.20. The standard InChI is InChI=1S/C16H21N3O2/c1-4-11-18-16(17-5-2)19-12-13-7-9-14(10-8-13)15(20)21-6-3/h1,7-10H,5-6,11-12H2,2-3H3,(H2,17,18,19).